The molecule has 0 spiro atoms. The van der Waals surface area contributed by atoms with Crippen LogP contribution < -0.4 is 0 Å². The number of hydrogen-bond donors (Lipinski definition) is 1. The molecule has 1 N–H and O–H groups in total. The first-order chi connectivity index (χ1) is 7.06. The molecule has 0 saturated heterocycles. The van der Waals surface area contributed by atoms with Crippen molar-refractivity contribution >= 4 is 5.91 Å². The lowest BCUT2D eigenvalue weighted by atomic mass is 10.1. The number of aliphatic hydroxyl groups is 1. The first-order valence-corrected chi connectivity index (χ1v) is 5.48. The summed E-state index contributed by atoms with van der Waals surface area (Å²) in [6.07, 6.45) is 1.75. The third-order valence-electron chi connectivity index (χ3n) is 2.94. The summed E-state index contributed by atoms with van der Waals surface area (Å²) in [5, 5.41) is 9.49. The zero-order chi connectivity index (χ0) is 11.4. The number of methoxy groups -OCH3 is 1. The molecule has 1 aliphatic rings. The summed E-state index contributed by atoms with van der Waals surface area (Å²) in [7, 11) is 3.28. The molecule has 1 rings (SSSR count). The molecule has 2 unspecified atom stereocenters. The number of amides is 1. The van der Waals surface area contributed by atoms with Crippen molar-refractivity contribution in [3.05, 3.63) is 0 Å². The predicted octanol–water partition coefficient (Wildman–Crippen LogP) is 0.498. The first kappa shape index (κ1) is 12.5. The van der Waals surface area contributed by atoms with Crippen molar-refractivity contribution in [1.82, 2.24) is 4.90 Å². The van der Waals surface area contributed by atoms with Gasteiger partial charge in [0.25, 0.3) is 0 Å². The van der Waals surface area contributed by atoms with E-state index in [0.717, 1.165) is 0 Å². The molecule has 1 saturated carbocycles. The van der Waals surface area contributed by atoms with E-state index in [1.165, 1.54) is 20.0 Å². The Balaban J connectivity index is 2.31. The van der Waals surface area contributed by atoms with E-state index in [-0.39, 0.29) is 18.4 Å². The van der Waals surface area contributed by atoms with Crippen molar-refractivity contribution < 1.29 is 14.6 Å². The Labute approximate surface area is 91.2 Å². The summed E-state index contributed by atoms with van der Waals surface area (Å²) >= 11 is 0. The van der Waals surface area contributed by atoms with Gasteiger partial charge in [0.05, 0.1) is 12.7 Å². The van der Waals surface area contributed by atoms with Crippen molar-refractivity contribution in [2.45, 2.75) is 25.9 Å². The molecule has 0 radical (unpaired) electrons. The summed E-state index contributed by atoms with van der Waals surface area (Å²) < 4.78 is 4.82. The van der Waals surface area contributed by atoms with E-state index in [1.54, 1.807) is 11.9 Å². The Bertz CT molecular complexity index is 216. The van der Waals surface area contributed by atoms with Gasteiger partial charge >= 0.3 is 0 Å². The van der Waals surface area contributed by atoms with Gasteiger partial charge in [-0.25, -0.2) is 0 Å². The summed E-state index contributed by atoms with van der Waals surface area (Å²) in [6, 6.07) is 0. The van der Waals surface area contributed by atoms with Gasteiger partial charge < -0.3 is 14.7 Å². The average molecular weight is 215 g/mol. The van der Waals surface area contributed by atoms with Gasteiger partial charge in [0.1, 0.15) is 0 Å². The molecule has 0 aromatic carbocycles. The van der Waals surface area contributed by atoms with Gasteiger partial charge in [0, 0.05) is 26.6 Å². The predicted molar refractivity (Wildman–Crippen MR) is 57.4 cm³/mol. The maximum atomic E-state index is 11.8. The van der Waals surface area contributed by atoms with Crippen molar-refractivity contribution in [3.63, 3.8) is 0 Å². The van der Waals surface area contributed by atoms with Crippen LogP contribution in [-0.2, 0) is 9.53 Å². The molecule has 1 aliphatic carbocycles. The summed E-state index contributed by atoms with van der Waals surface area (Å²) in [4.78, 5) is 13.4. The molecule has 4 nitrogen and oxygen atoms in total. The van der Waals surface area contributed by atoms with E-state index in [4.69, 9.17) is 4.74 Å². The number of rotatable bonds is 6. The monoisotopic (exact) mass is 215 g/mol. The van der Waals surface area contributed by atoms with E-state index >= 15 is 0 Å². The zero-order valence-electron chi connectivity index (χ0n) is 9.77. The normalized spacial score (nSPS) is 19.7. The van der Waals surface area contributed by atoms with Gasteiger partial charge in [-0.05, 0) is 18.8 Å². The highest BCUT2D eigenvalue weighted by molar-refractivity contribution is 5.78. The van der Waals surface area contributed by atoms with Crippen LogP contribution in [-0.4, -0.2) is 49.3 Å². The largest absolute Gasteiger partial charge is 0.389 e. The Morgan fingerprint density at radius 1 is 1.60 bits per heavy atom. The van der Waals surface area contributed by atoms with Crippen LogP contribution in [0.1, 0.15) is 19.8 Å². The number of hydrogen-bond acceptors (Lipinski definition) is 3. The number of ether oxygens (including phenoxy) is 1. The fourth-order valence-corrected chi connectivity index (χ4v) is 1.80. The topological polar surface area (TPSA) is 49.8 Å². The molecular weight excluding hydrogens is 194 g/mol. The molecule has 4 heteroatoms. The second kappa shape index (κ2) is 5.47. The highest BCUT2D eigenvalue weighted by atomic mass is 16.5. The molecule has 2 atom stereocenters. The maximum Gasteiger partial charge on any atom is 0.225 e. The molecule has 0 bridgehead atoms. The van der Waals surface area contributed by atoms with Gasteiger partial charge in [-0.15, -0.1) is 0 Å². The molecule has 0 aliphatic heterocycles. The molecule has 88 valence electrons. The van der Waals surface area contributed by atoms with E-state index in [2.05, 4.69) is 0 Å². The Hall–Kier alpha value is -0.610. The number of carbonyl (C=O) groups is 1. The molecule has 1 fully saturated rings. The first-order valence-electron chi connectivity index (χ1n) is 5.48. The van der Waals surface area contributed by atoms with Crippen molar-refractivity contribution in [2.75, 3.05) is 27.3 Å². The van der Waals surface area contributed by atoms with Crippen LogP contribution in [0, 0.1) is 11.8 Å². The van der Waals surface area contributed by atoms with Gasteiger partial charge in [-0.2, -0.15) is 0 Å². The van der Waals surface area contributed by atoms with Crippen LogP contribution in [0.25, 0.3) is 0 Å². The highest BCUT2D eigenvalue weighted by Gasteiger charge is 2.34. The van der Waals surface area contributed by atoms with Crippen molar-refractivity contribution in [1.29, 1.82) is 0 Å². The Morgan fingerprint density at radius 2 is 2.20 bits per heavy atom. The second-order valence-corrected chi connectivity index (χ2v) is 4.45. The van der Waals surface area contributed by atoms with Crippen LogP contribution in [0.15, 0.2) is 0 Å². The molecular formula is C11H21NO3. The van der Waals surface area contributed by atoms with Crippen LogP contribution in [0.3, 0.4) is 0 Å². The van der Waals surface area contributed by atoms with E-state index < -0.39 is 6.10 Å². The lowest BCUT2D eigenvalue weighted by Gasteiger charge is -2.23. The molecule has 0 aromatic rings. The van der Waals surface area contributed by atoms with Gasteiger partial charge in [-0.3, -0.25) is 4.79 Å². The minimum atomic E-state index is -0.588. The van der Waals surface area contributed by atoms with E-state index in [9.17, 15) is 9.90 Å². The third kappa shape index (κ3) is 3.80. The Kier molecular flexibility index (Phi) is 4.54. The zero-order valence-corrected chi connectivity index (χ0v) is 9.77. The molecule has 1 amide bonds. The van der Waals surface area contributed by atoms with Crippen LogP contribution in [0.2, 0.25) is 0 Å². The quantitative estimate of drug-likeness (QED) is 0.702. The smallest absolute Gasteiger partial charge is 0.225 e. The fraction of sp³-hybridized carbons (Fsp3) is 0.909. The van der Waals surface area contributed by atoms with E-state index in [1.807, 2.05) is 6.92 Å². The minimum absolute atomic E-state index is 0.102. The standard InChI is InChI=1S/C11H21NO3/c1-8(9-4-5-9)11(14)12(2)6-10(13)7-15-3/h8-10,13H,4-7H2,1-3H3. The minimum Gasteiger partial charge on any atom is -0.389 e. The molecule has 0 aromatic heterocycles. The fourth-order valence-electron chi connectivity index (χ4n) is 1.80. The third-order valence-corrected chi connectivity index (χ3v) is 2.94. The summed E-state index contributed by atoms with van der Waals surface area (Å²) in [5.74, 6) is 0.803. The Morgan fingerprint density at radius 3 is 2.67 bits per heavy atom. The van der Waals surface area contributed by atoms with E-state index in [0.29, 0.717) is 12.5 Å². The SMILES string of the molecule is COCC(O)CN(C)C(=O)C(C)C1CC1. The number of carbonyl (C=O) groups excluding carboxylic acids is 1. The second-order valence-electron chi connectivity index (χ2n) is 4.45. The highest BCUT2D eigenvalue weighted by Crippen LogP contribution is 2.37. The van der Waals surface area contributed by atoms with Crippen LogP contribution >= 0.6 is 0 Å². The number of aliphatic hydroxyl groups excluding tert-OH is 1. The van der Waals surface area contributed by atoms with Crippen LogP contribution in [0.4, 0.5) is 0 Å². The van der Waals surface area contributed by atoms with Gasteiger partial charge in [0.15, 0.2) is 0 Å². The average Bonchev–Trinajstić information content (AvgIpc) is 2.99. The lowest BCUT2D eigenvalue weighted by molar-refractivity contribution is -0.136. The maximum absolute atomic E-state index is 11.8. The molecule has 0 heterocycles. The lowest BCUT2D eigenvalue weighted by Crippen LogP contribution is -2.39. The van der Waals surface area contributed by atoms with Crippen molar-refractivity contribution in [3.8, 4) is 0 Å². The summed E-state index contributed by atoms with van der Waals surface area (Å²) in [5.41, 5.74) is 0. The molecule has 15 heavy (non-hydrogen) atoms. The van der Waals surface area contributed by atoms with Gasteiger partial charge in [0.2, 0.25) is 5.91 Å². The number of likely N-dealkylation sites (N-methyl/N-ethyl adjacent to an activating group) is 1. The van der Waals surface area contributed by atoms with Gasteiger partial charge in [-0.1, -0.05) is 6.92 Å². The van der Waals surface area contributed by atoms with Crippen molar-refractivity contribution in [2.24, 2.45) is 11.8 Å². The van der Waals surface area contributed by atoms with Crippen LogP contribution in [0.5, 0.6) is 0 Å². The summed E-state index contributed by atoms with van der Waals surface area (Å²) in [6.45, 7) is 2.60. The number of nitrogens with zero attached hydrogens (tertiary/aromatic N) is 1.